The van der Waals surface area contributed by atoms with Crippen molar-refractivity contribution in [2.24, 2.45) is 0 Å². The molecular formula is C17H18N6O. The highest BCUT2D eigenvalue weighted by Crippen LogP contribution is 2.13. The topological polar surface area (TPSA) is 84.9 Å². The molecule has 0 aliphatic rings. The molecule has 3 aromatic rings. The number of hydrogen-bond donors (Lipinski definition) is 2. The van der Waals surface area contributed by atoms with Gasteiger partial charge in [0, 0.05) is 25.1 Å². The van der Waals surface area contributed by atoms with Crippen molar-refractivity contribution in [3.05, 3.63) is 60.6 Å². The summed E-state index contributed by atoms with van der Waals surface area (Å²) in [6.45, 7) is 0.768. The van der Waals surface area contributed by atoms with Crippen molar-refractivity contribution in [1.82, 2.24) is 19.9 Å². The lowest BCUT2D eigenvalue weighted by molar-refractivity contribution is 0.414. The number of aromatic nitrogens is 4. The fourth-order valence-electron chi connectivity index (χ4n) is 2.11. The summed E-state index contributed by atoms with van der Waals surface area (Å²) in [6, 6.07) is 11.6. The minimum Gasteiger partial charge on any atom is -0.497 e. The molecule has 0 aliphatic carbocycles. The molecule has 0 bridgehead atoms. The Bertz CT molecular complexity index is 764. The third-order valence-electron chi connectivity index (χ3n) is 3.32. The van der Waals surface area contributed by atoms with E-state index in [9.17, 15) is 0 Å². The van der Waals surface area contributed by atoms with Gasteiger partial charge in [-0.1, -0.05) is 12.1 Å². The maximum atomic E-state index is 5.16. The van der Waals surface area contributed by atoms with E-state index in [0.29, 0.717) is 11.9 Å². The van der Waals surface area contributed by atoms with Gasteiger partial charge in [-0.25, -0.2) is 15.0 Å². The van der Waals surface area contributed by atoms with Gasteiger partial charge < -0.3 is 10.1 Å². The summed E-state index contributed by atoms with van der Waals surface area (Å²) >= 11 is 0. The van der Waals surface area contributed by atoms with Gasteiger partial charge in [-0.05, 0) is 36.2 Å². The van der Waals surface area contributed by atoms with Crippen LogP contribution in [0.25, 0.3) is 0 Å². The zero-order valence-corrected chi connectivity index (χ0v) is 13.3. The monoisotopic (exact) mass is 322 g/mol. The Hall–Kier alpha value is -3.22. The Labute approximate surface area is 140 Å². The van der Waals surface area contributed by atoms with Gasteiger partial charge >= 0.3 is 0 Å². The van der Waals surface area contributed by atoms with Gasteiger partial charge in [-0.15, -0.1) is 0 Å². The molecule has 7 nitrogen and oxygen atoms in total. The Morgan fingerprint density at radius 2 is 1.67 bits per heavy atom. The molecular weight excluding hydrogens is 304 g/mol. The minimum absolute atomic E-state index is 0.454. The van der Waals surface area contributed by atoms with Gasteiger partial charge in [0.15, 0.2) is 0 Å². The minimum atomic E-state index is 0.454. The van der Waals surface area contributed by atoms with Crippen LogP contribution in [-0.4, -0.2) is 33.6 Å². The molecule has 0 unspecified atom stereocenters. The van der Waals surface area contributed by atoms with E-state index in [-0.39, 0.29) is 0 Å². The largest absolute Gasteiger partial charge is 0.497 e. The molecule has 0 amide bonds. The quantitative estimate of drug-likeness (QED) is 0.691. The number of nitrogens with one attached hydrogen (secondary N) is 2. The predicted octanol–water partition coefficient (Wildman–Crippen LogP) is 2.67. The third-order valence-corrected chi connectivity index (χ3v) is 3.32. The standard InChI is InChI=1S/C17H18N6O/c1-24-14-5-3-13(4-6-14)7-11-18-15-8-12-21-17(22-15)23-16-19-9-2-10-20-16/h2-6,8-10,12H,7,11H2,1H3,(H2,18,19,20,21,22,23). The van der Waals surface area contributed by atoms with Crippen LogP contribution in [0.1, 0.15) is 5.56 Å². The predicted molar refractivity (Wildman–Crippen MR) is 92.5 cm³/mol. The molecule has 3 rings (SSSR count). The van der Waals surface area contributed by atoms with E-state index >= 15 is 0 Å². The fraction of sp³-hybridized carbons (Fsp3) is 0.176. The van der Waals surface area contributed by atoms with E-state index in [1.165, 1.54) is 5.56 Å². The summed E-state index contributed by atoms with van der Waals surface area (Å²) in [6.07, 6.45) is 5.89. The van der Waals surface area contributed by atoms with E-state index < -0.39 is 0 Å². The first-order chi connectivity index (χ1) is 11.8. The lowest BCUT2D eigenvalue weighted by Gasteiger charge is -2.08. The van der Waals surface area contributed by atoms with Gasteiger partial charge in [-0.2, -0.15) is 4.98 Å². The molecule has 0 saturated carbocycles. The first-order valence-corrected chi connectivity index (χ1v) is 7.57. The van der Waals surface area contributed by atoms with Crippen LogP contribution < -0.4 is 15.4 Å². The normalized spacial score (nSPS) is 10.2. The van der Waals surface area contributed by atoms with Gasteiger partial charge in [0.1, 0.15) is 11.6 Å². The van der Waals surface area contributed by atoms with Crippen LogP contribution >= 0.6 is 0 Å². The van der Waals surface area contributed by atoms with E-state index in [0.717, 1.165) is 24.5 Å². The van der Waals surface area contributed by atoms with Gasteiger partial charge in [0.25, 0.3) is 0 Å². The molecule has 2 aromatic heterocycles. The first kappa shape index (κ1) is 15.7. The molecule has 0 spiro atoms. The summed E-state index contributed by atoms with van der Waals surface area (Å²) in [7, 11) is 1.66. The molecule has 2 heterocycles. The van der Waals surface area contributed by atoms with E-state index in [1.807, 2.05) is 18.2 Å². The molecule has 0 atom stereocenters. The van der Waals surface area contributed by atoms with Crippen molar-refractivity contribution in [2.75, 3.05) is 24.3 Å². The number of benzene rings is 1. The number of rotatable bonds is 7. The summed E-state index contributed by atoms with van der Waals surface area (Å²) in [4.78, 5) is 16.7. The lowest BCUT2D eigenvalue weighted by Crippen LogP contribution is -2.08. The Balaban J connectivity index is 1.54. The van der Waals surface area contributed by atoms with Crippen molar-refractivity contribution in [3.8, 4) is 5.75 Å². The summed E-state index contributed by atoms with van der Waals surface area (Å²) < 4.78 is 5.16. The SMILES string of the molecule is COc1ccc(CCNc2ccnc(Nc3ncccn3)n2)cc1. The van der Waals surface area contributed by atoms with E-state index in [2.05, 4.69) is 42.7 Å². The number of anilines is 3. The van der Waals surface area contributed by atoms with Crippen LogP contribution in [0.5, 0.6) is 5.75 Å². The van der Waals surface area contributed by atoms with Crippen molar-refractivity contribution in [3.63, 3.8) is 0 Å². The maximum Gasteiger partial charge on any atom is 0.231 e. The molecule has 0 fully saturated rings. The van der Waals surface area contributed by atoms with E-state index in [4.69, 9.17) is 4.74 Å². The molecule has 7 heteroatoms. The summed E-state index contributed by atoms with van der Waals surface area (Å²) in [5.41, 5.74) is 1.23. The fourth-order valence-corrected chi connectivity index (χ4v) is 2.11. The second kappa shape index (κ2) is 7.87. The zero-order chi connectivity index (χ0) is 16.6. The third kappa shape index (κ3) is 4.39. The Morgan fingerprint density at radius 1 is 0.917 bits per heavy atom. The van der Waals surface area contributed by atoms with Gasteiger partial charge in [0.2, 0.25) is 11.9 Å². The molecule has 0 radical (unpaired) electrons. The average Bonchev–Trinajstić information content (AvgIpc) is 2.63. The highest BCUT2D eigenvalue weighted by atomic mass is 16.5. The smallest absolute Gasteiger partial charge is 0.231 e. The number of methoxy groups -OCH3 is 1. The summed E-state index contributed by atoms with van der Waals surface area (Å²) in [5.74, 6) is 2.53. The Kier molecular flexibility index (Phi) is 5.14. The second-order valence-corrected chi connectivity index (χ2v) is 4.99. The van der Waals surface area contributed by atoms with Gasteiger partial charge in [-0.3, -0.25) is 5.32 Å². The van der Waals surface area contributed by atoms with Crippen LogP contribution in [0.15, 0.2) is 55.0 Å². The van der Waals surface area contributed by atoms with Crippen LogP contribution in [-0.2, 0) is 6.42 Å². The molecule has 24 heavy (non-hydrogen) atoms. The highest BCUT2D eigenvalue weighted by Gasteiger charge is 2.01. The average molecular weight is 322 g/mol. The van der Waals surface area contributed by atoms with Crippen molar-refractivity contribution in [1.29, 1.82) is 0 Å². The number of ether oxygens (including phenoxy) is 1. The number of hydrogen-bond acceptors (Lipinski definition) is 7. The molecule has 2 N–H and O–H groups in total. The van der Waals surface area contributed by atoms with Crippen molar-refractivity contribution >= 4 is 17.7 Å². The zero-order valence-electron chi connectivity index (χ0n) is 13.3. The molecule has 0 saturated heterocycles. The maximum absolute atomic E-state index is 5.16. The van der Waals surface area contributed by atoms with Crippen LogP contribution in [0.4, 0.5) is 17.7 Å². The van der Waals surface area contributed by atoms with Crippen LogP contribution in [0.3, 0.4) is 0 Å². The molecule has 122 valence electrons. The van der Waals surface area contributed by atoms with Gasteiger partial charge in [0.05, 0.1) is 7.11 Å². The number of nitrogens with zero attached hydrogens (tertiary/aromatic N) is 4. The van der Waals surface area contributed by atoms with Crippen molar-refractivity contribution in [2.45, 2.75) is 6.42 Å². The lowest BCUT2D eigenvalue weighted by atomic mass is 10.1. The summed E-state index contributed by atoms with van der Waals surface area (Å²) in [5, 5.41) is 6.25. The first-order valence-electron chi connectivity index (χ1n) is 7.57. The second-order valence-electron chi connectivity index (χ2n) is 4.99. The van der Waals surface area contributed by atoms with Crippen LogP contribution in [0.2, 0.25) is 0 Å². The highest BCUT2D eigenvalue weighted by molar-refractivity contribution is 5.46. The van der Waals surface area contributed by atoms with Crippen LogP contribution in [0, 0.1) is 0 Å². The van der Waals surface area contributed by atoms with Crippen molar-refractivity contribution < 1.29 is 4.74 Å². The van der Waals surface area contributed by atoms with E-state index in [1.54, 1.807) is 31.8 Å². The molecule has 0 aliphatic heterocycles. The molecule has 1 aromatic carbocycles. The Morgan fingerprint density at radius 3 is 2.42 bits per heavy atom.